The maximum Gasteiger partial charge on any atom is 0.325 e. The molecule has 1 aliphatic heterocycles. The van der Waals surface area contributed by atoms with Crippen LogP contribution in [0.25, 0.3) is 0 Å². The van der Waals surface area contributed by atoms with Crippen molar-refractivity contribution >= 4 is 17.8 Å². The van der Waals surface area contributed by atoms with Gasteiger partial charge in [0, 0.05) is 6.04 Å². The van der Waals surface area contributed by atoms with Gasteiger partial charge in [-0.15, -0.1) is 0 Å². The quantitative estimate of drug-likeness (QED) is 0.818. The molecule has 0 radical (unpaired) electrons. The highest BCUT2D eigenvalue weighted by atomic mass is 16.2. The molecule has 3 aliphatic rings. The summed E-state index contributed by atoms with van der Waals surface area (Å²) < 4.78 is 0. The van der Waals surface area contributed by atoms with Crippen LogP contribution >= 0.6 is 0 Å². The number of carbonyl (C=O) groups excluding carboxylic acids is 3. The summed E-state index contributed by atoms with van der Waals surface area (Å²) >= 11 is 0. The van der Waals surface area contributed by atoms with Crippen molar-refractivity contribution in [2.45, 2.75) is 44.2 Å². The van der Waals surface area contributed by atoms with E-state index >= 15 is 0 Å². The number of rotatable bonds is 4. The Morgan fingerprint density at radius 1 is 1.38 bits per heavy atom. The zero-order valence-corrected chi connectivity index (χ0v) is 13.7. The van der Waals surface area contributed by atoms with Gasteiger partial charge in [0.15, 0.2) is 0 Å². The predicted octanol–water partition coefficient (Wildman–Crippen LogP) is 1.29. The van der Waals surface area contributed by atoms with Gasteiger partial charge in [-0.05, 0) is 49.7 Å². The van der Waals surface area contributed by atoms with Crippen molar-refractivity contribution in [3.63, 3.8) is 0 Å². The second-order valence-corrected chi connectivity index (χ2v) is 7.08. The fraction of sp³-hybridized carbons (Fsp3) is 0.500. The topological polar surface area (TPSA) is 78.5 Å². The normalized spacial score (nSPS) is 26.5. The van der Waals surface area contributed by atoms with E-state index in [1.807, 2.05) is 31.2 Å². The minimum atomic E-state index is -0.990. The molecule has 2 aliphatic carbocycles. The van der Waals surface area contributed by atoms with Crippen molar-refractivity contribution < 1.29 is 14.4 Å². The van der Waals surface area contributed by atoms with Gasteiger partial charge < -0.3 is 10.6 Å². The van der Waals surface area contributed by atoms with Gasteiger partial charge in [0.05, 0.1) is 0 Å². The smallest absolute Gasteiger partial charge is 0.325 e. The Labute approximate surface area is 140 Å². The molecule has 4 amide bonds. The maximum absolute atomic E-state index is 12.9. The summed E-state index contributed by atoms with van der Waals surface area (Å²) in [5, 5.41) is 5.73. The Balaban J connectivity index is 1.51. The van der Waals surface area contributed by atoms with Gasteiger partial charge in [-0.25, -0.2) is 4.79 Å². The second kappa shape index (κ2) is 5.33. The third-order valence-corrected chi connectivity index (χ3v) is 5.44. The van der Waals surface area contributed by atoms with Crippen LogP contribution in [0, 0.1) is 5.92 Å². The van der Waals surface area contributed by atoms with E-state index in [0.29, 0.717) is 12.3 Å². The molecule has 1 heterocycles. The molecule has 24 heavy (non-hydrogen) atoms. The predicted molar refractivity (Wildman–Crippen MR) is 87.0 cm³/mol. The summed E-state index contributed by atoms with van der Waals surface area (Å²) in [5.74, 6) is -0.0574. The van der Waals surface area contributed by atoms with Crippen LogP contribution < -0.4 is 10.6 Å². The van der Waals surface area contributed by atoms with Crippen LogP contribution in [0.5, 0.6) is 0 Å². The highest BCUT2D eigenvalue weighted by molar-refractivity contribution is 6.09. The van der Waals surface area contributed by atoms with Gasteiger partial charge >= 0.3 is 6.03 Å². The molecule has 1 spiro atoms. The summed E-state index contributed by atoms with van der Waals surface area (Å²) in [7, 11) is 0. The number of nitrogens with zero attached hydrogens (tertiary/aromatic N) is 1. The number of carbonyl (C=O) groups is 3. The lowest BCUT2D eigenvalue weighted by atomic mass is 9.92. The molecule has 0 bridgehead atoms. The molecule has 126 valence electrons. The van der Waals surface area contributed by atoms with Crippen LogP contribution in [-0.4, -0.2) is 35.3 Å². The number of fused-ring (bicyclic) bond motifs is 2. The number of imide groups is 1. The fourth-order valence-electron chi connectivity index (χ4n) is 3.89. The molecular weight excluding hydrogens is 306 g/mol. The number of urea groups is 1. The first-order valence-corrected chi connectivity index (χ1v) is 8.53. The van der Waals surface area contributed by atoms with Gasteiger partial charge in [-0.2, -0.15) is 0 Å². The molecule has 2 N–H and O–H groups in total. The zero-order valence-electron chi connectivity index (χ0n) is 13.7. The molecule has 1 aromatic rings. The second-order valence-electron chi connectivity index (χ2n) is 7.08. The molecule has 2 unspecified atom stereocenters. The van der Waals surface area contributed by atoms with Crippen molar-refractivity contribution in [2.24, 2.45) is 5.92 Å². The lowest BCUT2D eigenvalue weighted by Gasteiger charge is -2.22. The Morgan fingerprint density at radius 3 is 2.88 bits per heavy atom. The van der Waals surface area contributed by atoms with Crippen LogP contribution in [0.15, 0.2) is 24.3 Å². The molecule has 6 nitrogen and oxygen atoms in total. The fourth-order valence-corrected chi connectivity index (χ4v) is 3.89. The number of nitrogens with one attached hydrogen (secondary N) is 2. The average molecular weight is 327 g/mol. The molecular formula is C18H21N3O3. The number of aryl methyl sites for hydroxylation is 1. The number of benzene rings is 1. The third kappa shape index (κ3) is 2.28. The van der Waals surface area contributed by atoms with Crippen molar-refractivity contribution in [1.29, 1.82) is 0 Å². The Morgan fingerprint density at radius 2 is 2.12 bits per heavy atom. The standard InChI is InChI=1S/C18H21N3O3/c1-11(12-6-7-12)19-15(22)10-21-16(23)18(20-17(21)24)9-8-13-4-2-3-5-14(13)18/h2-5,11-12H,6-10H2,1H3,(H,19,22)(H,20,24). The van der Waals surface area contributed by atoms with E-state index in [1.165, 1.54) is 0 Å². The van der Waals surface area contributed by atoms with Gasteiger partial charge in [-0.3, -0.25) is 14.5 Å². The van der Waals surface area contributed by atoms with Crippen LogP contribution in [0.1, 0.15) is 37.3 Å². The van der Waals surface area contributed by atoms with Crippen molar-refractivity contribution in [3.8, 4) is 0 Å². The third-order valence-electron chi connectivity index (χ3n) is 5.44. The Bertz CT molecular complexity index is 728. The lowest BCUT2D eigenvalue weighted by Crippen LogP contribution is -2.45. The van der Waals surface area contributed by atoms with Crippen LogP contribution in [0.4, 0.5) is 4.79 Å². The highest BCUT2D eigenvalue weighted by Crippen LogP contribution is 2.41. The number of hydrogen-bond acceptors (Lipinski definition) is 3. The molecule has 2 atom stereocenters. The van der Waals surface area contributed by atoms with Gasteiger partial charge in [0.25, 0.3) is 5.91 Å². The monoisotopic (exact) mass is 327 g/mol. The summed E-state index contributed by atoms with van der Waals surface area (Å²) in [5.41, 5.74) is 0.952. The first-order chi connectivity index (χ1) is 11.5. The lowest BCUT2D eigenvalue weighted by molar-refractivity contribution is -0.135. The van der Waals surface area contributed by atoms with Gasteiger partial charge in [-0.1, -0.05) is 24.3 Å². The molecule has 4 rings (SSSR count). The van der Waals surface area contributed by atoms with Gasteiger partial charge in [0.2, 0.25) is 5.91 Å². The Kier molecular flexibility index (Phi) is 3.37. The molecule has 2 fully saturated rings. The minimum absolute atomic E-state index is 0.0967. The van der Waals surface area contributed by atoms with Crippen LogP contribution in [0.2, 0.25) is 0 Å². The van der Waals surface area contributed by atoms with Gasteiger partial charge in [0.1, 0.15) is 12.1 Å². The van der Waals surface area contributed by atoms with E-state index in [-0.39, 0.29) is 24.4 Å². The molecule has 1 saturated carbocycles. The average Bonchev–Trinajstić information content (AvgIpc) is 3.31. The molecule has 6 heteroatoms. The highest BCUT2D eigenvalue weighted by Gasteiger charge is 2.55. The van der Waals surface area contributed by atoms with E-state index in [9.17, 15) is 14.4 Å². The minimum Gasteiger partial charge on any atom is -0.352 e. The van der Waals surface area contributed by atoms with Crippen LogP contribution in [0.3, 0.4) is 0 Å². The van der Waals surface area contributed by atoms with E-state index in [0.717, 1.165) is 35.3 Å². The maximum atomic E-state index is 12.9. The van der Waals surface area contributed by atoms with E-state index in [4.69, 9.17) is 0 Å². The van der Waals surface area contributed by atoms with E-state index < -0.39 is 11.6 Å². The number of hydrogen-bond donors (Lipinski definition) is 2. The van der Waals surface area contributed by atoms with Crippen molar-refractivity contribution in [2.75, 3.05) is 6.54 Å². The van der Waals surface area contributed by atoms with E-state index in [1.54, 1.807) is 0 Å². The summed E-state index contributed by atoms with van der Waals surface area (Å²) in [6.07, 6.45) is 3.56. The molecule has 1 aromatic carbocycles. The SMILES string of the molecule is CC(NC(=O)CN1C(=O)NC2(CCc3ccccc32)C1=O)C1CC1. The summed E-state index contributed by atoms with van der Waals surface area (Å²) in [6, 6.07) is 7.29. The van der Waals surface area contributed by atoms with Crippen LogP contribution in [-0.2, 0) is 21.5 Å². The first-order valence-electron chi connectivity index (χ1n) is 8.53. The van der Waals surface area contributed by atoms with E-state index in [2.05, 4.69) is 10.6 Å². The molecule has 1 saturated heterocycles. The van der Waals surface area contributed by atoms with Crippen molar-refractivity contribution in [1.82, 2.24) is 15.5 Å². The summed E-state index contributed by atoms with van der Waals surface area (Å²) in [6.45, 7) is 1.75. The largest absolute Gasteiger partial charge is 0.352 e. The molecule has 0 aromatic heterocycles. The van der Waals surface area contributed by atoms with Crippen molar-refractivity contribution in [3.05, 3.63) is 35.4 Å². The zero-order chi connectivity index (χ0) is 16.9. The number of amides is 4. The first kappa shape index (κ1) is 15.2. The summed E-state index contributed by atoms with van der Waals surface area (Å²) in [4.78, 5) is 38.5. The Hall–Kier alpha value is -2.37.